The quantitative estimate of drug-likeness (QED) is 0.575. The molecule has 6 nitrogen and oxygen atoms in total. The molecule has 0 amide bonds. The molecule has 134 valence electrons. The van der Waals surface area contributed by atoms with Crippen molar-refractivity contribution in [3.05, 3.63) is 36.3 Å². The lowest BCUT2D eigenvalue weighted by Crippen LogP contribution is -2.42. The maximum absolute atomic E-state index is 14.6. The molecule has 0 aromatic heterocycles. The average Bonchev–Trinajstić information content (AvgIpc) is 2.72. The molecule has 2 aliphatic heterocycles. The van der Waals surface area contributed by atoms with Gasteiger partial charge in [-0.25, -0.2) is 13.8 Å². The third kappa shape index (κ3) is 3.42. The molecule has 2 rings (SSSR count). The summed E-state index contributed by atoms with van der Waals surface area (Å²) < 4.78 is 46.1. The number of rotatable bonds is 4. The van der Waals surface area contributed by atoms with Gasteiger partial charge in [0, 0.05) is 6.20 Å². The fraction of sp³-hybridized carbons (Fsp3) is 0.500. The van der Waals surface area contributed by atoms with Gasteiger partial charge in [0.05, 0.1) is 5.88 Å². The van der Waals surface area contributed by atoms with Gasteiger partial charge >= 0.3 is 0 Å². The fourth-order valence-corrected chi connectivity index (χ4v) is 3.17. The highest BCUT2D eigenvalue weighted by Crippen LogP contribution is 2.50. The van der Waals surface area contributed by atoms with Crippen LogP contribution in [0.1, 0.15) is 0 Å². The van der Waals surface area contributed by atoms with Crippen LogP contribution in [-0.2, 0) is 9.30 Å². The highest BCUT2D eigenvalue weighted by Gasteiger charge is 2.56. The number of aliphatic hydroxyl groups excluding tert-OH is 1. The van der Waals surface area contributed by atoms with Crippen LogP contribution in [0.4, 0.5) is 8.78 Å². The number of halogens is 3. The number of amidine groups is 1. The Bertz CT molecular complexity index is 678. The molecular weight excluding hydrogens is 363 g/mol. The SMILES string of the molecule is C=C1N=C(N)C=CN1[C@@H]1O[C@@](/C=C(/F)P(C)(C)=O)(CCl)[C@@H](O)[C@H]1F. The van der Waals surface area contributed by atoms with Gasteiger partial charge in [-0.1, -0.05) is 6.58 Å². The highest BCUT2D eigenvalue weighted by atomic mass is 35.5. The van der Waals surface area contributed by atoms with Crippen molar-refractivity contribution in [3.63, 3.8) is 0 Å². The molecule has 0 aromatic carbocycles. The first-order valence-corrected chi connectivity index (χ1v) is 10.1. The second-order valence-corrected chi connectivity index (χ2v) is 9.38. The number of aliphatic hydroxyl groups is 1. The lowest BCUT2D eigenvalue weighted by Gasteiger charge is -2.31. The molecule has 0 aromatic rings. The fourth-order valence-electron chi connectivity index (χ4n) is 2.34. The number of ether oxygens (including phenoxy) is 1. The number of hydrogen-bond donors (Lipinski definition) is 2. The molecule has 4 atom stereocenters. The van der Waals surface area contributed by atoms with Crippen molar-refractivity contribution in [3.8, 4) is 0 Å². The molecule has 1 fully saturated rings. The van der Waals surface area contributed by atoms with Crippen LogP contribution >= 0.6 is 18.7 Å². The summed E-state index contributed by atoms with van der Waals surface area (Å²) in [6, 6.07) is 0. The average molecular weight is 382 g/mol. The van der Waals surface area contributed by atoms with Crippen molar-refractivity contribution in [1.29, 1.82) is 0 Å². The second kappa shape index (κ2) is 6.59. The Labute approximate surface area is 143 Å². The van der Waals surface area contributed by atoms with E-state index in [1.165, 1.54) is 30.5 Å². The molecule has 1 saturated heterocycles. The van der Waals surface area contributed by atoms with Crippen LogP contribution in [0.15, 0.2) is 41.3 Å². The number of nitrogens with two attached hydrogens (primary N) is 1. The summed E-state index contributed by atoms with van der Waals surface area (Å²) in [5.41, 5.74) is 2.66. The molecule has 0 bridgehead atoms. The summed E-state index contributed by atoms with van der Waals surface area (Å²) >= 11 is 5.82. The Morgan fingerprint density at radius 3 is 2.83 bits per heavy atom. The highest BCUT2D eigenvalue weighted by molar-refractivity contribution is 7.66. The number of alkyl halides is 2. The van der Waals surface area contributed by atoms with Crippen molar-refractivity contribution in [2.24, 2.45) is 10.7 Å². The zero-order valence-electron chi connectivity index (χ0n) is 13.2. The van der Waals surface area contributed by atoms with Crippen LogP contribution < -0.4 is 5.73 Å². The third-order valence-electron chi connectivity index (χ3n) is 3.74. The third-order valence-corrected chi connectivity index (χ3v) is 5.31. The topological polar surface area (TPSA) is 88.1 Å². The van der Waals surface area contributed by atoms with Gasteiger partial charge in [-0.15, -0.1) is 11.6 Å². The van der Waals surface area contributed by atoms with Gasteiger partial charge in [0.2, 0.25) is 0 Å². The van der Waals surface area contributed by atoms with Gasteiger partial charge < -0.3 is 25.0 Å². The Morgan fingerprint density at radius 2 is 2.33 bits per heavy atom. The van der Waals surface area contributed by atoms with Crippen molar-refractivity contribution < 1.29 is 23.2 Å². The lowest BCUT2D eigenvalue weighted by molar-refractivity contribution is -0.0732. The summed E-state index contributed by atoms with van der Waals surface area (Å²) in [7, 11) is -3.24. The number of hydrogen-bond acceptors (Lipinski definition) is 6. The summed E-state index contributed by atoms with van der Waals surface area (Å²) in [5, 5.41) is 10.2. The summed E-state index contributed by atoms with van der Waals surface area (Å²) in [4.78, 5) is 5.11. The van der Waals surface area contributed by atoms with E-state index in [9.17, 15) is 18.5 Å². The first-order valence-electron chi connectivity index (χ1n) is 7.01. The van der Waals surface area contributed by atoms with E-state index < -0.39 is 42.7 Å². The van der Waals surface area contributed by atoms with Crippen molar-refractivity contribution in [1.82, 2.24) is 4.90 Å². The van der Waals surface area contributed by atoms with Crippen molar-refractivity contribution in [2.75, 3.05) is 19.2 Å². The molecule has 24 heavy (non-hydrogen) atoms. The largest absolute Gasteiger partial charge is 0.386 e. The molecule has 2 aliphatic rings. The Hall–Kier alpha value is -1.21. The zero-order valence-corrected chi connectivity index (χ0v) is 14.8. The van der Waals surface area contributed by atoms with Crippen LogP contribution in [0, 0.1) is 0 Å². The van der Waals surface area contributed by atoms with E-state index in [1.54, 1.807) is 0 Å². The lowest BCUT2D eigenvalue weighted by atomic mass is 9.98. The molecule has 0 spiro atoms. The minimum Gasteiger partial charge on any atom is -0.386 e. The molecule has 2 heterocycles. The van der Waals surface area contributed by atoms with E-state index in [1.807, 2.05) is 0 Å². The normalized spacial score (nSPS) is 34.7. The number of nitrogens with zero attached hydrogens (tertiary/aromatic N) is 2. The summed E-state index contributed by atoms with van der Waals surface area (Å²) in [6.07, 6.45) is -1.44. The van der Waals surface area contributed by atoms with Crippen LogP contribution in [0.5, 0.6) is 0 Å². The Balaban J connectivity index is 2.36. The van der Waals surface area contributed by atoms with Gasteiger partial charge in [0.25, 0.3) is 0 Å². The minimum atomic E-state index is -3.24. The molecule has 0 aliphatic carbocycles. The first-order chi connectivity index (χ1) is 11.0. The van der Waals surface area contributed by atoms with Crippen LogP contribution in [0.25, 0.3) is 0 Å². The van der Waals surface area contributed by atoms with E-state index in [-0.39, 0.29) is 11.7 Å². The van der Waals surface area contributed by atoms with E-state index in [4.69, 9.17) is 22.1 Å². The molecular formula is C14H19ClF2N3O3P. The van der Waals surface area contributed by atoms with Gasteiger partial charge in [0.15, 0.2) is 18.0 Å². The zero-order chi connectivity index (χ0) is 18.3. The van der Waals surface area contributed by atoms with Crippen molar-refractivity contribution >= 4 is 24.6 Å². The molecule has 0 unspecified atom stereocenters. The van der Waals surface area contributed by atoms with Crippen LogP contribution in [0.3, 0.4) is 0 Å². The minimum absolute atomic E-state index is 0.0985. The van der Waals surface area contributed by atoms with Crippen molar-refractivity contribution in [2.45, 2.75) is 24.1 Å². The van der Waals surface area contributed by atoms with E-state index in [2.05, 4.69) is 11.6 Å². The van der Waals surface area contributed by atoms with Gasteiger partial charge in [-0.05, 0) is 25.5 Å². The van der Waals surface area contributed by atoms with E-state index in [0.717, 1.165) is 6.08 Å². The Kier molecular flexibility index (Phi) is 5.25. The summed E-state index contributed by atoms with van der Waals surface area (Å²) in [5.74, 6) is -0.160. The first kappa shape index (κ1) is 19.1. The molecule has 0 radical (unpaired) electrons. The van der Waals surface area contributed by atoms with Gasteiger partial charge in [-0.3, -0.25) is 0 Å². The standard InChI is InChI=1S/C14H19ClF2N3O3P/c1-8-19-10(18)4-5-20(8)13-11(17)12(21)14(7-15,23-13)6-9(16)24(2,3)22/h4-6,11-13,21H,1,7H2,2-3H3,(H2,18,19)/b9-6-/t11-,12+,13-,14+/m1/s1. The Morgan fingerprint density at radius 1 is 1.71 bits per heavy atom. The second-order valence-electron chi connectivity index (χ2n) is 5.98. The van der Waals surface area contributed by atoms with Crippen LogP contribution in [0.2, 0.25) is 0 Å². The molecule has 0 saturated carbocycles. The predicted octanol–water partition coefficient (Wildman–Crippen LogP) is 2.11. The molecule has 10 heteroatoms. The molecule has 3 N–H and O–H groups in total. The smallest absolute Gasteiger partial charge is 0.174 e. The maximum atomic E-state index is 14.6. The monoisotopic (exact) mass is 381 g/mol. The predicted molar refractivity (Wildman–Crippen MR) is 89.6 cm³/mol. The summed E-state index contributed by atoms with van der Waals surface area (Å²) in [6.45, 7) is 6.05. The van der Waals surface area contributed by atoms with E-state index in [0.29, 0.717) is 0 Å². The maximum Gasteiger partial charge on any atom is 0.174 e. The van der Waals surface area contributed by atoms with E-state index >= 15 is 0 Å². The van der Waals surface area contributed by atoms with Gasteiger partial charge in [0.1, 0.15) is 30.5 Å². The van der Waals surface area contributed by atoms with Gasteiger partial charge in [-0.2, -0.15) is 0 Å². The van der Waals surface area contributed by atoms with Crippen LogP contribution in [-0.4, -0.2) is 59.2 Å². The number of aliphatic imine (C=N–C) groups is 1.